The predicted octanol–water partition coefficient (Wildman–Crippen LogP) is 2.33. The first-order valence-corrected chi connectivity index (χ1v) is 15.6. The fourth-order valence-electron chi connectivity index (χ4n) is 8.02. The number of fused-ring (bicyclic) bond motifs is 9. The number of aryl methyl sites for hydroxylation is 1. The molecule has 1 amide bonds. The second kappa shape index (κ2) is 11.6. The van der Waals surface area contributed by atoms with Gasteiger partial charge in [0.1, 0.15) is 17.5 Å². The number of ether oxygens (including phenoxy) is 2. The summed E-state index contributed by atoms with van der Waals surface area (Å²) in [4.78, 5) is 21.8. The van der Waals surface area contributed by atoms with Crippen LogP contribution in [0.3, 0.4) is 0 Å². The number of carbonyl (C=O) groups is 1. The molecule has 1 fully saturated rings. The summed E-state index contributed by atoms with van der Waals surface area (Å²) < 4.78 is 11.8. The Hall–Kier alpha value is -4.21. The maximum Gasteiger partial charge on any atom is 0.231 e. The molecule has 12 heteroatoms. The van der Waals surface area contributed by atoms with Crippen molar-refractivity contribution in [2.24, 2.45) is 22.4 Å². The van der Waals surface area contributed by atoms with Crippen LogP contribution >= 0.6 is 0 Å². The lowest BCUT2D eigenvalue weighted by molar-refractivity contribution is -0.125. The molecule has 2 bridgehead atoms. The number of phenolic OH excluding ortho intramolecular Hbond substituents is 2. The topological polar surface area (TPSA) is 183 Å². The van der Waals surface area contributed by atoms with Crippen LogP contribution in [0.1, 0.15) is 70.8 Å². The number of amides is 1. The Morgan fingerprint density at radius 1 is 1.13 bits per heavy atom. The summed E-state index contributed by atoms with van der Waals surface area (Å²) in [6.45, 7) is 8.28. The first-order valence-electron chi connectivity index (χ1n) is 15.6. The minimum Gasteiger partial charge on any atom is -0.507 e. The maximum atomic E-state index is 13.4. The van der Waals surface area contributed by atoms with Crippen molar-refractivity contribution in [2.75, 3.05) is 26.9 Å². The SMILES string of the molecule is Cc1cc2c(c(O)c1C)[C@@H]1C3Cc4c(O)c(C)c5c(c4[C@H](CNC(=O)[C@@H](C)CCCN=C(N)N)N3[C@@H](C#N)[C@H](C2)N1C)OCO5. The molecular weight excluding hydrogens is 574 g/mol. The van der Waals surface area contributed by atoms with E-state index in [1.807, 2.05) is 34.7 Å². The maximum absolute atomic E-state index is 13.4. The highest BCUT2D eigenvalue weighted by atomic mass is 16.7. The van der Waals surface area contributed by atoms with Gasteiger partial charge in [-0.1, -0.05) is 13.0 Å². The fourth-order valence-corrected chi connectivity index (χ4v) is 8.02. The zero-order chi connectivity index (χ0) is 32.3. The lowest BCUT2D eigenvalue weighted by atomic mass is 9.71. The molecule has 6 rings (SSSR count). The first-order chi connectivity index (χ1) is 21.5. The Kier molecular flexibility index (Phi) is 7.95. The third-order valence-electron chi connectivity index (χ3n) is 10.5. The number of nitrogens with two attached hydrogens (primary N) is 2. The minimum atomic E-state index is -0.526. The van der Waals surface area contributed by atoms with Crippen molar-refractivity contribution in [2.45, 2.75) is 83.6 Å². The fraction of sp³-hybridized carbons (Fsp3) is 0.545. The second-order valence-electron chi connectivity index (χ2n) is 13.0. The largest absolute Gasteiger partial charge is 0.507 e. The van der Waals surface area contributed by atoms with Crippen LogP contribution < -0.4 is 26.3 Å². The number of rotatable bonds is 7. The number of aromatic hydroxyl groups is 2. The van der Waals surface area contributed by atoms with E-state index >= 15 is 0 Å². The van der Waals surface area contributed by atoms with Gasteiger partial charge in [-0.2, -0.15) is 5.26 Å². The second-order valence-corrected chi connectivity index (χ2v) is 13.0. The van der Waals surface area contributed by atoms with Gasteiger partial charge in [-0.25, -0.2) is 0 Å². The molecule has 0 radical (unpaired) electrons. The molecule has 45 heavy (non-hydrogen) atoms. The lowest BCUT2D eigenvalue weighted by Gasteiger charge is -2.60. The number of nitrogens with one attached hydrogen (secondary N) is 1. The van der Waals surface area contributed by atoms with E-state index in [0.29, 0.717) is 49.3 Å². The van der Waals surface area contributed by atoms with Crippen LogP contribution in [-0.2, 0) is 17.6 Å². The molecule has 7 N–H and O–H groups in total. The molecule has 0 saturated carbocycles. The van der Waals surface area contributed by atoms with E-state index in [2.05, 4.69) is 32.2 Å². The number of hydrogen-bond acceptors (Lipinski definition) is 9. The Morgan fingerprint density at radius 2 is 1.87 bits per heavy atom. The number of hydrogen-bond donors (Lipinski definition) is 5. The van der Waals surface area contributed by atoms with E-state index in [-0.39, 0.29) is 60.7 Å². The summed E-state index contributed by atoms with van der Waals surface area (Å²) in [6, 6.07) is 3.07. The highest BCUT2D eigenvalue weighted by Crippen LogP contribution is 2.57. The van der Waals surface area contributed by atoms with Crippen LogP contribution in [0, 0.1) is 38.0 Å². The zero-order valence-electron chi connectivity index (χ0n) is 26.6. The average molecular weight is 618 g/mol. The number of nitrogens with zero attached hydrogens (tertiary/aromatic N) is 4. The van der Waals surface area contributed by atoms with Crippen LogP contribution in [0.15, 0.2) is 11.1 Å². The van der Waals surface area contributed by atoms with Crippen LogP contribution in [0.5, 0.6) is 23.0 Å². The van der Waals surface area contributed by atoms with Gasteiger partial charge in [0.05, 0.1) is 18.2 Å². The quantitative estimate of drug-likeness (QED) is 0.176. The van der Waals surface area contributed by atoms with E-state index in [1.54, 1.807) is 0 Å². The lowest BCUT2D eigenvalue weighted by Crippen LogP contribution is -2.68. The Bertz CT molecular complexity index is 1610. The predicted molar refractivity (Wildman–Crippen MR) is 168 cm³/mol. The molecule has 2 aromatic rings. The van der Waals surface area contributed by atoms with E-state index in [0.717, 1.165) is 33.4 Å². The normalized spacial score (nSPS) is 25.4. The van der Waals surface area contributed by atoms with E-state index < -0.39 is 12.1 Å². The van der Waals surface area contributed by atoms with Gasteiger partial charge in [-0.3, -0.25) is 19.6 Å². The molecule has 4 aliphatic heterocycles. The summed E-state index contributed by atoms with van der Waals surface area (Å²) in [5.74, 6) is 1.09. The molecule has 4 aliphatic rings. The zero-order valence-corrected chi connectivity index (χ0v) is 26.6. The number of guanidine groups is 1. The molecule has 2 aromatic carbocycles. The Labute approximate surface area is 263 Å². The molecule has 12 nitrogen and oxygen atoms in total. The molecule has 6 atom stereocenters. The Morgan fingerprint density at radius 3 is 2.58 bits per heavy atom. The summed E-state index contributed by atoms with van der Waals surface area (Å²) in [6.07, 6.45) is 2.30. The van der Waals surface area contributed by atoms with Crippen molar-refractivity contribution < 1.29 is 24.5 Å². The van der Waals surface area contributed by atoms with Gasteiger partial charge in [-0.05, 0) is 70.2 Å². The monoisotopic (exact) mass is 617 g/mol. The van der Waals surface area contributed by atoms with Gasteiger partial charge in [0, 0.05) is 53.3 Å². The van der Waals surface area contributed by atoms with Crippen molar-refractivity contribution in [3.63, 3.8) is 0 Å². The summed E-state index contributed by atoms with van der Waals surface area (Å²) in [5.41, 5.74) is 16.7. The van der Waals surface area contributed by atoms with Gasteiger partial charge < -0.3 is 36.5 Å². The molecule has 4 heterocycles. The smallest absolute Gasteiger partial charge is 0.231 e. The van der Waals surface area contributed by atoms with E-state index in [4.69, 9.17) is 20.9 Å². The standard InChI is InChI=1S/C33H43N7O5/c1-15(7-6-8-37-33(35)36)32(43)38-13-24-26-20(28(41)18(4)30-31(26)45-14-44-30)11-22-27-25-19(9-16(2)17(3)29(25)42)10-21(39(27)5)23(12-34)40(22)24/h9,15,21-24,27,41-42H,6-8,10-11,13-14H2,1-5H3,(H,38,43)(H4,35,36,37)/t15-,21-,22?,23-,24-,27-/m0/s1. The molecule has 240 valence electrons. The summed E-state index contributed by atoms with van der Waals surface area (Å²) >= 11 is 0. The Balaban J connectivity index is 1.43. The van der Waals surface area contributed by atoms with Gasteiger partial charge in [-0.15, -0.1) is 0 Å². The van der Waals surface area contributed by atoms with Crippen molar-refractivity contribution in [3.05, 3.63) is 45.0 Å². The van der Waals surface area contributed by atoms with Crippen LogP contribution in [0.4, 0.5) is 0 Å². The van der Waals surface area contributed by atoms with E-state index in [9.17, 15) is 20.3 Å². The molecule has 1 saturated heterocycles. The minimum absolute atomic E-state index is 0.0247. The summed E-state index contributed by atoms with van der Waals surface area (Å²) in [5, 5.41) is 37.0. The first kappa shape index (κ1) is 30.8. The van der Waals surface area contributed by atoms with E-state index in [1.165, 1.54) is 0 Å². The average Bonchev–Trinajstić information content (AvgIpc) is 3.50. The van der Waals surface area contributed by atoms with Crippen LogP contribution in [-0.4, -0.2) is 76.9 Å². The highest BCUT2D eigenvalue weighted by Gasteiger charge is 2.56. The van der Waals surface area contributed by atoms with Crippen LogP contribution in [0.2, 0.25) is 0 Å². The third-order valence-corrected chi connectivity index (χ3v) is 10.5. The number of aliphatic imine (C=N–C) groups is 1. The molecule has 0 aromatic heterocycles. The number of likely N-dealkylation sites (N-methyl/N-ethyl adjacent to an activating group) is 1. The molecule has 0 spiro atoms. The third kappa shape index (κ3) is 4.89. The molecule has 1 unspecified atom stereocenters. The van der Waals surface area contributed by atoms with Crippen molar-refractivity contribution >= 4 is 11.9 Å². The number of benzene rings is 2. The van der Waals surface area contributed by atoms with Crippen LogP contribution in [0.25, 0.3) is 0 Å². The molecule has 0 aliphatic carbocycles. The van der Waals surface area contributed by atoms with Gasteiger partial charge >= 0.3 is 0 Å². The van der Waals surface area contributed by atoms with Gasteiger partial charge in [0.2, 0.25) is 12.7 Å². The number of piperazine rings is 1. The number of nitriles is 1. The highest BCUT2D eigenvalue weighted by molar-refractivity contribution is 5.78. The van der Waals surface area contributed by atoms with Gasteiger partial charge in [0.25, 0.3) is 0 Å². The van der Waals surface area contributed by atoms with Crippen molar-refractivity contribution in [1.29, 1.82) is 5.26 Å². The summed E-state index contributed by atoms with van der Waals surface area (Å²) in [7, 11) is 2.02. The van der Waals surface area contributed by atoms with Crippen molar-refractivity contribution in [1.82, 2.24) is 15.1 Å². The number of carbonyl (C=O) groups excluding carboxylic acids is 1. The van der Waals surface area contributed by atoms with Gasteiger partial charge in [0.15, 0.2) is 17.5 Å². The molecular formula is C33H43N7O5. The van der Waals surface area contributed by atoms with Crippen molar-refractivity contribution in [3.8, 4) is 29.1 Å². The number of phenols is 2.